The highest BCUT2D eigenvalue weighted by atomic mass is 19.4. The molecular formula is C31H42F3N5O4. The van der Waals surface area contributed by atoms with E-state index < -0.39 is 29.5 Å². The van der Waals surface area contributed by atoms with Gasteiger partial charge in [0.2, 0.25) is 0 Å². The Hall–Kier alpha value is -3.48. The third kappa shape index (κ3) is 12.0. The maximum Gasteiger partial charge on any atom is 0.490 e. The largest absolute Gasteiger partial charge is 0.490 e. The van der Waals surface area contributed by atoms with Crippen molar-refractivity contribution in [3.8, 4) is 0 Å². The van der Waals surface area contributed by atoms with Crippen molar-refractivity contribution < 1.29 is 32.7 Å². The fraction of sp³-hybridized carbons (Fsp3) is 0.516. The van der Waals surface area contributed by atoms with Crippen LogP contribution in [-0.2, 0) is 34.0 Å². The third-order valence-electron chi connectivity index (χ3n) is 7.91. The number of hydrogen-bond acceptors (Lipinski definition) is 6. The van der Waals surface area contributed by atoms with Gasteiger partial charge in [-0.1, -0.05) is 61.5 Å². The molecule has 0 atom stereocenters. The van der Waals surface area contributed by atoms with Gasteiger partial charge in [0.05, 0.1) is 0 Å². The molecule has 0 bridgehead atoms. The lowest BCUT2D eigenvalue weighted by Gasteiger charge is -2.39. The second-order valence-corrected chi connectivity index (χ2v) is 11.6. The highest BCUT2D eigenvalue weighted by Crippen LogP contribution is 2.21. The molecule has 2 fully saturated rings. The van der Waals surface area contributed by atoms with E-state index in [1.54, 1.807) is 0 Å². The molecule has 2 aliphatic heterocycles. The molecule has 2 heterocycles. The molecule has 9 nitrogen and oxygen atoms in total. The smallest absolute Gasteiger partial charge is 0.475 e. The normalized spacial score (nSPS) is 17.8. The van der Waals surface area contributed by atoms with E-state index in [1.807, 2.05) is 18.2 Å². The minimum atomic E-state index is -5.08. The Labute approximate surface area is 250 Å². The number of carbonyl (C=O) groups excluding carboxylic acids is 2. The van der Waals surface area contributed by atoms with E-state index in [1.165, 1.54) is 24.0 Å². The number of alkyl halides is 3. The lowest BCUT2D eigenvalue weighted by atomic mass is 9.88. The van der Waals surface area contributed by atoms with Gasteiger partial charge in [-0.3, -0.25) is 19.4 Å². The topological polar surface area (TPSA) is 128 Å². The number of piperidine rings is 2. The number of amides is 2. The summed E-state index contributed by atoms with van der Waals surface area (Å²) in [6, 6.07) is 18.7. The van der Waals surface area contributed by atoms with E-state index in [4.69, 9.17) is 15.6 Å². The standard InChI is InChI=1S/C29H41N5O2.C2HF3O2/c1-23-11-15-33(16-12-23)21-26-9-7-24(8-10-26)19-31-27(35)28(36)32-22-29(30)13-17-34(18-14-29)20-25-5-3-2-4-6-25;3-2(4,5)1(6)7/h2-10,23H,11-22,30H2,1H3,(H,31,35)(H,32,36);(H,6,7). The number of rotatable bonds is 8. The zero-order chi connectivity index (χ0) is 31.5. The van der Waals surface area contributed by atoms with Crippen molar-refractivity contribution in [1.29, 1.82) is 0 Å². The number of carboxylic acids is 1. The number of benzene rings is 2. The van der Waals surface area contributed by atoms with Crippen LogP contribution in [0, 0.1) is 5.92 Å². The van der Waals surface area contributed by atoms with Crippen molar-refractivity contribution in [3.63, 3.8) is 0 Å². The molecule has 4 rings (SSSR count). The Bertz CT molecular complexity index is 1180. The van der Waals surface area contributed by atoms with Gasteiger partial charge in [0.25, 0.3) is 0 Å². The predicted molar refractivity (Wildman–Crippen MR) is 157 cm³/mol. The first-order valence-electron chi connectivity index (χ1n) is 14.5. The molecule has 12 heteroatoms. The quantitative estimate of drug-likeness (QED) is 0.340. The van der Waals surface area contributed by atoms with E-state index in [0.29, 0.717) is 13.1 Å². The first-order chi connectivity index (χ1) is 20.3. The Morgan fingerprint density at radius 2 is 1.30 bits per heavy atom. The van der Waals surface area contributed by atoms with Crippen LogP contribution in [0.3, 0.4) is 0 Å². The summed E-state index contributed by atoms with van der Waals surface area (Å²) in [4.78, 5) is 38.5. The maximum atomic E-state index is 12.4. The lowest BCUT2D eigenvalue weighted by Crippen LogP contribution is -2.57. The summed E-state index contributed by atoms with van der Waals surface area (Å²) in [7, 11) is 0. The molecule has 2 aromatic carbocycles. The van der Waals surface area contributed by atoms with E-state index in [0.717, 1.165) is 63.6 Å². The summed E-state index contributed by atoms with van der Waals surface area (Å²) < 4.78 is 31.7. The van der Waals surface area contributed by atoms with Crippen molar-refractivity contribution in [2.45, 2.75) is 64.0 Å². The van der Waals surface area contributed by atoms with Crippen LogP contribution >= 0.6 is 0 Å². The Morgan fingerprint density at radius 1 is 0.837 bits per heavy atom. The molecule has 2 aromatic rings. The highest BCUT2D eigenvalue weighted by Gasteiger charge is 2.38. The Kier molecular flexibility index (Phi) is 12.5. The zero-order valence-electron chi connectivity index (χ0n) is 24.5. The number of likely N-dealkylation sites (tertiary alicyclic amines) is 2. The summed E-state index contributed by atoms with van der Waals surface area (Å²) in [5.74, 6) is -3.17. The second kappa shape index (κ2) is 15.8. The Morgan fingerprint density at radius 3 is 1.84 bits per heavy atom. The number of aliphatic carboxylic acids is 1. The molecule has 43 heavy (non-hydrogen) atoms. The molecule has 0 radical (unpaired) electrons. The lowest BCUT2D eigenvalue weighted by molar-refractivity contribution is -0.192. The summed E-state index contributed by atoms with van der Waals surface area (Å²) in [5, 5.41) is 12.6. The van der Waals surface area contributed by atoms with Gasteiger partial charge in [-0.15, -0.1) is 0 Å². The van der Waals surface area contributed by atoms with Crippen molar-refractivity contribution in [3.05, 3.63) is 71.3 Å². The van der Waals surface area contributed by atoms with Crippen molar-refractivity contribution in [2.24, 2.45) is 11.7 Å². The van der Waals surface area contributed by atoms with Crippen LogP contribution in [0.15, 0.2) is 54.6 Å². The molecule has 0 aliphatic carbocycles. The van der Waals surface area contributed by atoms with Crippen LogP contribution in [0.4, 0.5) is 13.2 Å². The number of hydrogen-bond donors (Lipinski definition) is 4. The van der Waals surface area contributed by atoms with Crippen LogP contribution in [0.1, 0.15) is 49.3 Å². The van der Waals surface area contributed by atoms with Gasteiger partial charge in [-0.2, -0.15) is 13.2 Å². The molecule has 2 saturated heterocycles. The SMILES string of the molecule is CC1CCN(Cc2ccc(CNC(=O)C(=O)NCC3(N)CCN(Cc4ccccc4)CC3)cc2)CC1.O=C(O)C(F)(F)F. The van der Waals surface area contributed by atoms with Crippen LogP contribution in [0.2, 0.25) is 0 Å². The average molecular weight is 606 g/mol. The van der Waals surface area contributed by atoms with Crippen LogP contribution in [-0.4, -0.2) is 77.1 Å². The minimum absolute atomic E-state index is 0.308. The number of carbonyl (C=O) groups is 3. The van der Waals surface area contributed by atoms with Crippen molar-refractivity contribution >= 4 is 17.8 Å². The fourth-order valence-electron chi connectivity index (χ4n) is 5.01. The molecule has 2 aliphatic rings. The van der Waals surface area contributed by atoms with Crippen LogP contribution in [0.5, 0.6) is 0 Å². The van der Waals surface area contributed by atoms with Crippen molar-refractivity contribution in [2.75, 3.05) is 32.7 Å². The van der Waals surface area contributed by atoms with Crippen LogP contribution in [0.25, 0.3) is 0 Å². The molecule has 0 saturated carbocycles. The van der Waals surface area contributed by atoms with Gasteiger partial charge in [-0.25, -0.2) is 4.79 Å². The zero-order valence-corrected chi connectivity index (χ0v) is 24.5. The van der Waals surface area contributed by atoms with E-state index in [2.05, 4.69) is 63.8 Å². The minimum Gasteiger partial charge on any atom is -0.475 e. The molecule has 5 N–H and O–H groups in total. The van der Waals surface area contributed by atoms with Gasteiger partial charge in [0, 0.05) is 44.8 Å². The number of nitrogens with two attached hydrogens (primary N) is 1. The number of halogens is 3. The Balaban J connectivity index is 0.000000646. The van der Waals surface area contributed by atoms with Gasteiger partial charge < -0.3 is 21.5 Å². The molecule has 0 spiro atoms. The van der Waals surface area contributed by atoms with E-state index in [-0.39, 0.29) is 0 Å². The summed E-state index contributed by atoms with van der Waals surface area (Å²) in [6.07, 6.45) is -0.983. The monoisotopic (exact) mass is 605 g/mol. The predicted octanol–water partition coefficient (Wildman–Crippen LogP) is 3.28. The fourth-order valence-corrected chi connectivity index (χ4v) is 5.01. The summed E-state index contributed by atoms with van der Waals surface area (Å²) in [5.41, 5.74) is 9.61. The maximum absolute atomic E-state index is 12.4. The first-order valence-corrected chi connectivity index (χ1v) is 14.5. The molecule has 0 aromatic heterocycles. The number of carboxylic acid groups (broad SMARTS) is 1. The third-order valence-corrected chi connectivity index (χ3v) is 7.91. The van der Waals surface area contributed by atoms with Crippen LogP contribution < -0.4 is 16.4 Å². The first kappa shape index (κ1) is 34.0. The van der Waals surface area contributed by atoms with Gasteiger partial charge in [0.1, 0.15) is 0 Å². The van der Waals surface area contributed by atoms with Gasteiger partial charge in [0.15, 0.2) is 0 Å². The van der Waals surface area contributed by atoms with Gasteiger partial charge >= 0.3 is 24.0 Å². The molecule has 2 amide bonds. The molecule has 236 valence electrons. The molecular weight excluding hydrogens is 563 g/mol. The number of nitrogens with one attached hydrogen (secondary N) is 2. The highest BCUT2D eigenvalue weighted by molar-refractivity contribution is 6.35. The van der Waals surface area contributed by atoms with E-state index in [9.17, 15) is 22.8 Å². The summed E-state index contributed by atoms with van der Waals surface area (Å²) >= 11 is 0. The van der Waals surface area contributed by atoms with E-state index >= 15 is 0 Å². The van der Waals surface area contributed by atoms with Crippen molar-refractivity contribution in [1.82, 2.24) is 20.4 Å². The second-order valence-electron chi connectivity index (χ2n) is 11.6. The summed E-state index contributed by atoms with van der Waals surface area (Å²) in [6.45, 7) is 8.90. The van der Waals surface area contributed by atoms with Gasteiger partial charge in [-0.05, 0) is 61.4 Å². The molecule has 0 unspecified atom stereocenters. The number of nitrogens with zero attached hydrogens (tertiary/aromatic N) is 2. The average Bonchev–Trinajstić information content (AvgIpc) is 2.98.